The lowest BCUT2D eigenvalue weighted by Crippen LogP contribution is -2.58. The van der Waals surface area contributed by atoms with Crippen molar-refractivity contribution in [3.63, 3.8) is 0 Å². The molecule has 6 nitrogen and oxygen atoms in total. The Morgan fingerprint density at radius 3 is 2.51 bits per heavy atom. The van der Waals surface area contributed by atoms with Gasteiger partial charge in [-0.05, 0) is 67.7 Å². The summed E-state index contributed by atoms with van der Waals surface area (Å²) in [5, 5.41) is 4.04. The topological polar surface area (TPSA) is 91.2 Å². The van der Waals surface area contributed by atoms with E-state index < -0.39 is 11.6 Å². The minimum absolute atomic E-state index is 0. The van der Waals surface area contributed by atoms with E-state index in [-0.39, 0.29) is 29.6 Å². The molecule has 2 aromatic carbocycles. The zero-order valence-corrected chi connectivity index (χ0v) is 21.3. The number of carbonyl (C=O) groups is 2. The summed E-state index contributed by atoms with van der Waals surface area (Å²) in [4.78, 5) is 31.7. The Bertz CT molecular complexity index is 1220. The molecule has 186 valence electrons. The second-order valence-corrected chi connectivity index (χ2v) is 10.6. The van der Waals surface area contributed by atoms with Crippen LogP contribution in [0.15, 0.2) is 54.7 Å². The third-order valence-electron chi connectivity index (χ3n) is 7.78. The lowest BCUT2D eigenvalue weighted by Gasteiger charge is -2.41. The minimum atomic E-state index is -1.06. The largest absolute Gasteiger partial charge is 0.361 e. The first-order valence-electron chi connectivity index (χ1n) is 12.3. The van der Waals surface area contributed by atoms with Crippen LogP contribution in [-0.2, 0) is 27.8 Å². The van der Waals surface area contributed by atoms with Gasteiger partial charge in [0, 0.05) is 36.6 Å². The summed E-state index contributed by atoms with van der Waals surface area (Å²) in [6.07, 6.45) is 6.57. The Balaban J connectivity index is 0.00000289. The van der Waals surface area contributed by atoms with Crippen molar-refractivity contribution in [1.82, 2.24) is 15.2 Å². The molecule has 2 amide bonds. The predicted octanol–water partition coefficient (Wildman–Crippen LogP) is 3.86. The van der Waals surface area contributed by atoms with Crippen LogP contribution in [0.3, 0.4) is 0 Å². The summed E-state index contributed by atoms with van der Waals surface area (Å²) >= 11 is 0. The van der Waals surface area contributed by atoms with Crippen molar-refractivity contribution in [1.29, 1.82) is 0 Å². The van der Waals surface area contributed by atoms with E-state index in [9.17, 15) is 9.59 Å². The molecule has 7 heteroatoms. The van der Waals surface area contributed by atoms with E-state index >= 15 is 0 Å². The average molecular weight is 495 g/mol. The van der Waals surface area contributed by atoms with E-state index in [4.69, 9.17) is 5.73 Å². The number of H-pyrrole nitrogens is 1. The number of nitrogens with one attached hydrogen (secondary N) is 2. The van der Waals surface area contributed by atoms with Gasteiger partial charge in [-0.2, -0.15) is 0 Å². The predicted molar refractivity (Wildman–Crippen MR) is 142 cm³/mol. The monoisotopic (exact) mass is 494 g/mol. The van der Waals surface area contributed by atoms with Gasteiger partial charge in [0.25, 0.3) is 0 Å². The molecule has 0 radical (unpaired) electrons. The molecule has 3 aromatic rings. The Labute approximate surface area is 213 Å². The number of fused-ring (bicyclic) bond motifs is 3. The van der Waals surface area contributed by atoms with Crippen molar-refractivity contribution in [3.8, 4) is 0 Å². The number of likely N-dealkylation sites (tertiary alicyclic amines) is 1. The Kier molecular flexibility index (Phi) is 6.98. The Hall–Kier alpha value is -2.83. The standard InChI is InChI=1S/C28H34N4O2.ClH/c1-27(2,29)26(34)31-24(17-20-18-30-23-10-6-4-8-21(20)23)25(33)32-15-13-28(14-16-32)12-11-19-7-3-5-9-22(19)28;/h3-10,18,24,30H,11-17,29H2,1-2H3,(H,31,34);1H/t24-;/m1./s1. The number of hydrogen-bond acceptors (Lipinski definition) is 3. The smallest absolute Gasteiger partial charge is 0.245 e. The highest BCUT2D eigenvalue weighted by atomic mass is 35.5. The molecule has 4 N–H and O–H groups in total. The number of aromatic nitrogens is 1. The van der Waals surface area contributed by atoms with E-state index in [1.54, 1.807) is 13.8 Å². The van der Waals surface area contributed by atoms with E-state index in [2.05, 4.69) is 34.6 Å². The molecule has 1 spiro atoms. The van der Waals surface area contributed by atoms with Gasteiger partial charge >= 0.3 is 0 Å². The zero-order valence-electron chi connectivity index (χ0n) is 20.5. The first-order valence-corrected chi connectivity index (χ1v) is 12.3. The highest BCUT2D eigenvalue weighted by molar-refractivity contribution is 5.92. The SMILES string of the molecule is CC(C)(N)C(=O)N[C@H](Cc1c[nH]c2ccccc12)C(=O)N1CCC2(CCc3ccccc32)CC1.Cl. The molecule has 0 saturated carbocycles. The van der Waals surface area contributed by atoms with Crippen molar-refractivity contribution in [3.05, 3.63) is 71.4 Å². The molecule has 35 heavy (non-hydrogen) atoms. The average Bonchev–Trinajstić information content (AvgIpc) is 3.40. The van der Waals surface area contributed by atoms with E-state index in [0.29, 0.717) is 19.5 Å². The van der Waals surface area contributed by atoms with Crippen LogP contribution in [0.4, 0.5) is 0 Å². The van der Waals surface area contributed by atoms with Crippen LogP contribution in [-0.4, -0.2) is 46.4 Å². The summed E-state index contributed by atoms with van der Waals surface area (Å²) < 4.78 is 0. The van der Waals surface area contributed by atoms with Crippen molar-refractivity contribution in [2.24, 2.45) is 5.73 Å². The number of piperidine rings is 1. The lowest BCUT2D eigenvalue weighted by atomic mass is 9.73. The van der Waals surface area contributed by atoms with Crippen molar-refractivity contribution >= 4 is 35.1 Å². The third kappa shape index (κ3) is 4.82. The molecule has 5 rings (SSSR count). The maximum atomic E-state index is 13.7. The number of rotatable bonds is 5. The Morgan fingerprint density at radius 1 is 1.09 bits per heavy atom. The maximum Gasteiger partial charge on any atom is 0.245 e. The van der Waals surface area contributed by atoms with Gasteiger partial charge in [0.15, 0.2) is 0 Å². The number of para-hydroxylation sites is 1. The molecule has 0 bridgehead atoms. The molecular weight excluding hydrogens is 460 g/mol. The van der Waals surface area contributed by atoms with Gasteiger partial charge < -0.3 is 20.9 Å². The summed E-state index contributed by atoms with van der Waals surface area (Å²) in [5.74, 6) is -0.340. The number of aryl methyl sites for hydroxylation is 1. The fourth-order valence-electron chi connectivity index (χ4n) is 5.72. The molecule has 1 atom stereocenters. The zero-order chi connectivity index (χ0) is 23.9. The number of amides is 2. The molecule has 1 aliphatic heterocycles. The van der Waals surface area contributed by atoms with Gasteiger partial charge in [-0.25, -0.2) is 0 Å². The van der Waals surface area contributed by atoms with E-state index in [1.165, 1.54) is 11.1 Å². The minimum Gasteiger partial charge on any atom is -0.361 e. The second kappa shape index (κ2) is 9.67. The van der Waals surface area contributed by atoms with E-state index in [1.807, 2.05) is 35.4 Å². The third-order valence-corrected chi connectivity index (χ3v) is 7.78. The second-order valence-electron chi connectivity index (χ2n) is 10.6. The van der Waals surface area contributed by atoms with Crippen LogP contribution >= 0.6 is 12.4 Å². The van der Waals surface area contributed by atoms with Gasteiger partial charge in [0.1, 0.15) is 6.04 Å². The fraction of sp³-hybridized carbons (Fsp3) is 0.429. The molecule has 1 saturated heterocycles. The molecule has 2 heterocycles. The molecule has 1 aliphatic carbocycles. The number of benzene rings is 2. The highest BCUT2D eigenvalue weighted by Gasteiger charge is 2.42. The van der Waals surface area contributed by atoms with Crippen LogP contribution in [0.1, 0.15) is 49.8 Å². The quantitative estimate of drug-likeness (QED) is 0.503. The van der Waals surface area contributed by atoms with Gasteiger partial charge in [0.05, 0.1) is 5.54 Å². The summed E-state index contributed by atoms with van der Waals surface area (Å²) in [6, 6.07) is 16.1. The van der Waals surface area contributed by atoms with Crippen LogP contribution in [0, 0.1) is 0 Å². The first kappa shape index (κ1) is 25.3. The fourth-order valence-corrected chi connectivity index (χ4v) is 5.72. The summed E-state index contributed by atoms with van der Waals surface area (Å²) in [7, 11) is 0. The number of aromatic amines is 1. The molecule has 2 aliphatic rings. The van der Waals surface area contributed by atoms with Gasteiger partial charge in [0.2, 0.25) is 11.8 Å². The lowest BCUT2D eigenvalue weighted by molar-refractivity contribution is -0.138. The van der Waals surface area contributed by atoms with Crippen molar-refractivity contribution in [2.45, 2.75) is 62.9 Å². The highest BCUT2D eigenvalue weighted by Crippen LogP contribution is 2.46. The normalized spacial score (nSPS) is 17.6. The summed E-state index contributed by atoms with van der Waals surface area (Å²) in [6.45, 7) is 4.74. The summed E-state index contributed by atoms with van der Waals surface area (Å²) in [5.41, 5.74) is 10.1. The molecule has 0 unspecified atom stereocenters. The molecular formula is C28H35ClN4O2. The van der Waals surface area contributed by atoms with Gasteiger partial charge in [-0.1, -0.05) is 42.5 Å². The number of nitrogens with zero attached hydrogens (tertiary/aromatic N) is 1. The number of nitrogens with two attached hydrogens (primary N) is 1. The van der Waals surface area contributed by atoms with Crippen LogP contribution in [0.25, 0.3) is 10.9 Å². The van der Waals surface area contributed by atoms with Crippen LogP contribution in [0.2, 0.25) is 0 Å². The van der Waals surface area contributed by atoms with Crippen LogP contribution < -0.4 is 11.1 Å². The Morgan fingerprint density at radius 2 is 1.77 bits per heavy atom. The molecule has 1 fully saturated rings. The number of halogens is 1. The first-order chi connectivity index (χ1) is 16.3. The maximum absolute atomic E-state index is 13.7. The number of carbonyl (C=O) groups excluding carboxylic acids is 2. The van der Waals surface area contributed by atoms with Crippen LogP contribution in [0.5, 0.6) is 0 Å². The number of hydrogen-bond donors (Lipinski definition) is 3. The van der Waals surface area contributed by atoms with Gasteiger partial charge in [-0.3, -0.25) is 9.59 Å². The van der Waals surface area contributed by atoms with Gasteiger partial charge in [-0.15, -0.1) is 12.4 Å². The van der Waals surface area contributed by atoms with Crippen molar-refractivity contribution in [2.75, 3.05) is 13.1 Å². The van der Waals surface area contributed by atoms with Crippen molar-refractivity contribution < 1.29 is 9.59 Å². The van der Waals surface area contributed by atoms with E-state index in [0.717, 1.165) is 42.1 Å². The molecule has 1 aromatic heterocycles.